The maximum absolute atomic E-state index is 13.2. The molecule has 144 valence electrons. The van der Waals surface area contributed by atoms with Crippen LogP contribution >= 0.6 is 11.3 Å². The summed E-state index contributed by atoms with van der Waals surface area (Å²) in [7, 11) is -3.82. The number of benzene rings is 2. The van der Waals surface area contributed by atoms with Gasteiger partial charge in [-0.1, -0.05) is 64.1 Å². The van der Waals surface area contributed by atoms with Crippen molar-refractivity contribution in [3.8, 4) is 0 Å². The first-order chi connectivity index (χ1) is 12.6. The van der Waals surface area contributed by atoms with E-state index in [9.17, 15) is 8.42 Å². The number of nitrogens with zero attached hydrogens (tertiary/aromatic N) is 2. The van der Waals surface area contributed by atoms with Crippen molar-refractivity contribution in [1.29, 1.82) is 0 Å². The van der Waals surface area contributed by atoms with Gasteiger partial charge in [0.1, 0.15) is 0 Å². The molecule has 0 spiro atoms. The maximum Gasteiger partial charge on any atom is 0.285 e. The minimum atomic E-state index is -3.82. The summed E-state index contributed by atoms with van der Waals surface area (Å²) in [6.45, 7) is 11.3. The second-order valence-electron chi connectivity index (χ2n) is 7.74. The average Bonchev–Trinajstić information content (AvgIpc) is 2.90. The van der Waals surface area contributed by atoms with Gasteiger partial charge >= 0.3 is 0 Å². The summed E-state index contributed by atoms with van der Waals surface area (Å²) in [5, 5.41) is 1.60. The third kappa shape index (κ3) is 3.87. The predicted octanol–water partition coefficient (Wildman–Crippen LogP) is 5.01. The number of rotatable bonds is 4. The highest BCUT2D eigenvalue weighted by Crippen LogP contribution is 2.29. The Morgan fingerprint density at radius 1 is 1.07 bits per heavy atom. The quantitative estimate of drug-likeness (QED) is 0.616. The molecule has 4 nitrogen and oxygen atoms in total. The zero-order valence-electron chi connectivity index (χ0n) is 16.5. The van der Waals surface area contributed by atoms with Crippen molar-refractivity contribution in [2.45, 2.75) is 57.9 Å². The molecule has 0 fully saturated rings. The molecule has 3 aromatic rings. The highest BCUT2D eigenvalue weighted by atomic mass is 32.2. The van der Waals surface area contributed by atoms with Crippen LogP contribution in [0.1, 0.15) is 44.7 Å². The van der Waals surface area contributed by atoms with E-state index < -0.39 is 10.0 Å². The number of sulfonamides is 1. The summed E-state index contributed by atoms with van der Waals surface area (Å²) >= 11 is 1.48. The second kappa shape index (κ2) is 7.24. The molecule has 0 aliphatic heterocycles. The van der Waals surface area contributed by atoms with Gasteiger partial charge in [-0.2, -0.15) is 8.42 Å². The van der Waals surface area contributed by atoms with Gasteiger partial charge in [-0.05, 0) is 30.2 Å². The number of hydrogen-bond acceptors (Lipinski definition) is 3. The van der Waals surface area contributed by atoms with E-state index in [4.69, 9.17) is 0 Å². The van der Waals surface area contributed by atoms with Crippen molar-refractivity contribution in [3.63, 3.8) is 0 Å². The van der Waals surface area contributed by atoms with Crippen LogP contribution in [-0.2, 0) is 22.0 Å². The van der Waals surface area contributed by atoms with E-state index in [1.54, 1.807) is 12.1 Å². The third-order valence-electron chi connectivity index (χ3n) is 4.51. The topological polar surface area (TPSA) is 51.4 Å². The minimum Gasteiger partial charge on any atom is -0.320 e. The Morgan fingerprint density at radius 3 is 2.41 bits per heavy atom. The summed E-state index contributed by atoms with van der Waals surface area (Å²) in [5.74, 6) is 0. The van der Waals surface area contributed by atoms with Gasteiger partial charge < -0.3 is 4.57 Å². The second-order valence-corrected chi connectivity index (χ2v) is 10.3. The third-order valence-corrected chi connectivity index (χ3v) is 7.56. The summed E-state index contributed by atoms with van der Waals surface area (Å²) in [6.07, 6.45) is 0.919. The summed E-state index contributed by atoms with van der Waals surface area (Å²) < 4.78 is 32.7. The van der Waals surface area contributed by atoms with Gasteiger partial charge in [0.2, 0.25) is 4.80 Å². The van der Waals surface area contributed by atoms with E-state index in [0.717, 1.165) is 24.0 Å². The molecular formula is C21H26N2O2S2. The van der Waals surface area contributed by atoms with Crippen LogP contribution in [0.2, 0.25) is 0 Å². The predicted molar refractivity (Wildman–Crippen MR) is 113 cm³/mol. The summed E-state index contributed by atoms with van der Waals surface area (Å²) in [4.78, 5) is 1.97. The lowest BCUT2D eigenvalue weighted by molar-refractivity contribution is 0.577. The molecule has 1 heterocycles. The number of aromatic nitrogens is 1. The van der Waals surface area contributed by atoms with Crippen molar-refractivity contribution in [2.75, 3.05) is 0 Å². The fraction of sp³-hybridized carbons (Fsp3) is 0.381. The molecule has 1 aromatic heterocycles. The zero-order valence-corrected chi connectivity index (χ0v) is 18.1. The molecule has 0 unspecified atom stereocenters. The first-order valence-corrected chi connectivity index (χ1v) is 11.4. The van der Waals surface area contributed by atoms with E-state index in [-0.39, 0.29) is 10.3 Å². The fourth-order valence-corrected chi connectivity index (χ4v) is 5.95. The van der Waals surface area contributed by atoms with Crippen molar-refractivity contribution < 1.29 is 8.42 Å². The van der Waals surface area contributed by atoms with Gasteiger partial charge in [-0.25, -0.2) is 0 Å². The Labute approximate surface area is 165 Å². The average molecular weight is 403 g/mol. The molecule has 3 rings (SSSR count). The SMILES string of the molecule is CCCn1c(C)c(C(C)(C)C)sc1=NS(=O)(=O)c1cccc2ccccc12. The molecule has 0 atom stereocenters. The van der Waals surface area contributed by atoms with Crippen LogP contribution in [0.25, 0.3) is 10.8 Å². The fourth-order valence-electron chi connectivity index (χ4n) is 3.31. The van der Waals surface area contributed by atoms with Crippen LogP contribution in [0.15, 0.2) is 51.8 Å². The Kier molecular flexibility index (Phi) is 5.32. The largest absolute Gasteiger partial charge is 0.320 e. The highest BCUT2D eigenvalue weighted by molar-refractivity contribution is 7.90. The summed E-state index contributed by atoms with van der Waals surface area (Å²) in [6, 6.07) is 12.8. The van der Waals surface area contributed by atoms with Crippen molar-refractivity contribution in [2.24, 2.45) is 4.40 Å². The number of hydrogen-bond donors (Lipinski definition) is 0. The van der Waals surface area contributed by atoms with Crippen LogP contribution in [0.4, 0.5) is 0 Å². The number of fused-ring (bicyclic) bond motifs is 1. The first kappa shape index (κ1) is 19.8. The Morgan fingerprint density at radius 2 is 1.74 bits per heavy atom. The van der Waals surface area contributed by atoms with Gasteiger partial charge in [0, 0.05) is 22.5 Å². The molecular weight excluding hydrogens is 376 g/mol. The van der Waals surface area contributed by atoms with E-state index in [2.05, 4.69) is 39.0 Å². The van der Waals surface area contributed by atoms with Crippen LogP contribution in [0.5, 0.6) is 0 Å². The minimum absolute atomic E-state index is 0.0543. The molecule has 0 saturated heterocycles. The van der Waals surface area contributed by atoms with Gasteiger partial charge in [0.05, 0.1) is 4.90 Å². The van der Waals surface area contributed by atoms with Gasteiger partial charge in [-0.15, -0.1) is 15.7 Å². The normalized spacial score (nSPS) is 13.4. The van der Waals surface area contributed by atoms with Gasteiger partial charge in [0.25, 0.3) is 10.0 Å². The lowest BCUT2D eigenvalue weighted by Crippen LogP contribution is -2.19. The molecule has 0 aliphatic rings. The van der Waals surface area contributed by atoms with E-state index >= 15 is 0 Å². The molecule has 0 radical (unpaired) electrons. The standard InChI is InChI=1S/C21H26N2O2S2/c1-6-14-23-15(2)19(21(3,4)5)26-20(23)22-27(24,25)18-13-9-11-16-10-7-8-12-17(16)18/h7-13H,6,14H2,1-5H3. The molecule has 6 heteroatoms. The summed E-state index contributed by atoms with van der Waals surface area (Å²) in [5.41, 5.74) is 1.04. The van der Waals surface area contributed by atoms with E-state index in [1.807, 2.05) is 34.9 Å². The monoisotopic (exact) mass is 402 g/mol. The van der Waals surface area contributed by atoms with E-state index in [1.165, 1.54) is 16.2 Å². The Balaban J connectivity index is 2.26. The number of thiazole rings is 1. The van der Waals surface area contributed by atoms with Crippen LogP contribution in [0, 0.1) is 6.92 Å². The highest BCUT2D eigenvalue weighted by Gasteiger charge is 2.23. The van der Waals surface area contributed by atoms with Crippen molar-refractivity contribution in [1.82, 2.24) is 4.57 Å². The van der Waals surface area contributed by atoms with Crippen LogP contribution < -0.4 is 4.80 Å². The van der Waals surface area contributed by atoms with Crippen LogP contribution in [-0.4, -0.2) is 13.0 Å². The Hall–Kier alpha value is -1.92. The van der Waals surface area contributed by atoms with E-state index in [0.29, 0.717) is 10.2 Å². The first-order valence-electron chi connectivity index (χ1n) is 9.14. The molecule has 0 N–H and O–H groups in total. The van der Waals surface area contributed by atoms with Crippen molar-refractivity contribution >= 4 is 32.1 Å². The Bertz CT molecular complexity index is 1140. The molecule has 2 aromatic carbocycles. The van der Waals surface area contributed by atoms with Gasteiger partial charge in [0.15, 0.2) is 0 Å². The van der Waals surface area contributed by atoms with Crippen molar-refractivity contribution in [3.05, 3.63) is 57.8 Å². The van der Waals surface area contributed by atoms with Gasteiger partial charge in [-0.3, -0.25) is 0 Å². The zero-order chi connectivity index (χ0) is 19.8. The lowest BCUT2D eigenvalue weighted by atomic mass is 9.93. The molecule has 0 amide bonds. The lowest BCUT2D eigenvalue weighted by Gasteiger charge is -2.17. The molecule has 0 saturated carbocycles. The maximum atomic E-state index is 13.2. The van der Waals surface area contributed by atoms with Crippen LogP contribution in [0.3, 0.4) is 0 Å². The molecule has 0 bridgehead atoms. The smallest absolute Gasteiger partial charge is 0.285 e. The molecule has 0 aliphatic carbocycles. The molecule has 27 heavy (non-hydrogen) atoms.